The van der Waals surface area contributed by atoms with Crippen LogP contribution < -0.4 is 0 Å². The van der Waals surface area contributed by atoms with Gasteiger partial charge in [-0.05, 0) is 39.2 Å². The van der Waals surface area contributed by atoms with Crippen LogP contribution in [0.15, 0.2) is 18.2 Å². The molecule has 1 saturated heterocycles. The van der Waals surface area contributed by atoms with E-state index in [0.29, 0.717) is 37.1 Å². The third-order valence-electron chi connectivity index (χ3n) is 4.08. The standard InChI is InChI=1S/C15H20N2O4/c1-11-12(5-3-6-13(11)17(20)21)14(18)16-9-4-7-15(2,19)8-10-16/h3,5-6,19H,4,7-10H2,1-2H3. The molecule has 1 atom stereocenters. The molecule has 1 unspecified atom stereocenters. The molecule has 2 rings (SSSR count). The molecule has 1 aliphatic rings. The van der Waals surface area contributed by atoms with Gasteiger partial charge in [0.15, 0.2) is 0 Å². The van der Waals surface area contributed by atoms with Gasteiger partial charge in [-0.25, -0.2) is 0 Å². The lowest BCUT2D eigenvalue weighted by atomic mass is 9.98. The molecule has 0 radical (unpaired) electrons. The maximum absolute atomic E-state index is 12.6. The van der Waals surface area contributed by atoms with Crippen LogP contribution in [0.4, 0.5) is 5.69 Å². The molecule has 0 saturated carbocycles. The van der Waals surface area contributed by atoms with E-state index in [9.17, 15) is 20.0 Å². The number of likely N-dealkylation sites (tertiary alicyclic amines) is 1. The SMILES string of the molecule is Cc1c(C(=O)N2CCCC(C)(O)CC2)cccc1[N+](=O)[O-]. The molecule has 6 heteroatoms. The van der Waals surface area contributed by atoms with Gasteiger partial charge in [0.2, 0.25) is 0 Å². The molecular formula is C15H20N2O4. The number of nitro groups is 1. The number of hydrogen-bond donors (Lipinski definition) is 1. The highest BCUT2D eigenvalue weighted by Crippen LogP contribution is 2.25. The van der Waals surface area contributed by atoms with Crippen LogP contribution in [-0.4, -0.2) is 39.5 Å². The monoisotopic (exact) mass is 292 g/mol. The summed E-state index contributed by atoms with van der Waals surface area (Å²) < 4.78 is 0. The largest absolute Gasteiger partial charge is 0.390 e. The lowest BCUT2D eigenvalue weighted by molar-refractivity contribution is -0.385. The van der Waals surface area contributed by atoms with E-state index in [2.05, 4.69) is 0 Å². The fraction of sp³-hybridized carbons (Fsp3) is 0.533. The van der Waals surface area contributed by atoms with Gasteiger partial charge in [0.25, 0.3) is 11.6 Å². The normalized spacial score (nSPS) is 22.7. The van der Waals surface area contributed by atoms with Crippen LogP contribution >= 0.6 is 0 Å². The Morgan fingerprint density at radius 2 is 2.10 bits per heavy atom. The molecule has 0 bridgehead atoms. The Kier molecular flexibility index (Phi) is 4.27. The van der Waals surface area contributed by atoms with Crippen molar-refractivity contribution in [3.8, 4) is 0 Å². The highest BCUT2D eigenvalue weighted by molar-refractivity contribution is 5.96. The first kappa shape index (κ1) is 15.4. The first-order valence-corrected chi connectivity index (χ1v) is 7.07. The van der Waals surface area contributed by atoms with Gasteiger partial charge in [-0.15, -0.1) is 0 Å². The summed E-state index contributed by atoms with van der Waals surface area (Å²) in [5.74, 6) is -0.200. The van der Waals surface area contributed by atoms with Gasteiger partial charge in [-0.2, -0.15) is 0 Å². The zero-order valence-corrected chi connectivity index (χ0v) is 12.3. The van der Waals surface area contributed by atoms with Crippen molar-refractivity contribution in [2.24, 2.45) is 0 Å². The van der Waals surface area contributed by atoms with Crippen molar-refractivity contribution >= 4 is 11.6 Å². The summed E-state index contributed by atoms with van der Waals surface area (Å²) in [6.07, 6.45) is 1.91. The van der Waals surface area contributed by atoms with Crippen LogP contribution in [0.2, 0.25) is 0 Å². The lowest BCUT2D eigenvalue weighted by Crippen LogP contribution is -2.34. The molecule has 0 aromatic heterocycles. The average Bonchev–Trinajstić information content (AvgIpc) is 2.59. The summed E-state index contributed by atoms with van der Waals surface area (Å²) in [6.45, 7) is 4.41. The summed E-state index contributed by atoms with van der Waals surface area (Å²) in [6, 6.07) is 4.55. The minimum absolute atomic E-state index is 0.0392. The quantitative estimate of drug-likeness (QED) is 0.669. The zero-order valence-electron chi connectivity index (χ0n) is 12.3. The number of aliphatic hydroxyl groups is 1. The maximum Gasteiger partial charge on any atom is 0.273 e. The van der Waals surface area contributed by atoms with Crippen molar-refractivity contribution in [1.29, 1.82) is 0 Å². The number of nitro benzene ring substituents is 1. The van der Waals surface area contributed by atoms with E-state index in [1.807, 2.05) is 0 Å². The number of hydrogen-bond acceptors (Lipinski definition) is 4. The number of carbonyl (C=O) groups is 1. The number of rotatable bonds is 2. The molecule has 1 heterocycles. The van der Waals surface area contributed by atoms with Crippen molar-refractivity contribution in [2.75, 3.05) is 13.1 Å². The molecule has 1 aromatic carbocycles. The highest BCUT2D eigenvalue weighted by atomic mass is 16.6. The Morgan fingerprint density at radius 1 is 1.38 bits per heavy atom. The van der Waals surface area contributed by atoms with Crippen molar-refractivity contribution in [3.05, 3.63) is 39.4 Å². The fourth-order valence-electron chi connectivity index (χ4n) is 2.69. The molecular weight excluding hydrogens is 272 g/mol. The van der Waals surface area contributed by atoms with Crippen LogP contribution in [0.5, 0.6) is 0 Å². The average molecular weight is 292 g/mol. The number of carbonyl (C=O) groups excluding carboxylic acids is 1. The molecule has 1 fully saturated rings. The minimum Gasteiger partial charge on any atom is -0.390 e. The maximum atomic E-state index is 12.6. The number of benzene rings is 1. The van der Waals surface area contributed by atoms with Crippen molar-refractivity contribution in [3.63, 3.8) is 0 Å². The van der Waals surface area contributed by atoms with E-state index in [4.69, 9.17) is 0 Å². The van der Waals surface area contributed by atoms with E-state index in [1.54, 1.807) is 24.8 Å². The Hall–Kier alpha value is -1.95. The first-order chi connectivity index (χ1) is 9.82. The Bertz CT molecular complexity index is 569. The molecule has 114 valence electrons. The summed E-state index contributed by atoms with van der Waals surface area (Å²) in [4.78, 5) is 24.7. The van der Waals surface area contributed by atoms with Gasteiger partial charge in [-0.1, -0.05) is 6.07 Å². The van der Waals surface area contributed by atoms with Gasteiger partial charge in [0.1, 0.15) is 0 Å². The summed E-state index contributed by atoms with van der Waals surface area (Å²) >= 11 is 0. The molecule has 6 nitrogen and oxygen atoms in total. The second-order valence-corrected chi connectivity index (χ2v) is 5.85. The van der Waals surface area contributed by atoms with Crippen LogP contribution in [0, 0.1) is 17.0 Å². The van der Waals surface area contributed by atoms with Gasteiger partial charge in [0, 0.05) is 30.3 Å². The van der Waals surface area contributed by atoms with E-state index >= 15 is 0 Å². The Labute approximate surface area is 123 Å². The first-order valence-electron chi connectivity index (χ1n) is 7.07. The van der Waals surface area contributed by atoms with E-state index < -0.39 is 10.5 Å². The van der Waals surface area contributed by atoms with Crippen LogP contribution in [0.3, 0.4) is 0 Å². The topological polar surface area (TPSA) is 83.7 Å². The second-order valence-electron chi connectivity index (χ2n) is 5.85. The molecule has 1 N–H and O–H groups in total. The summed E-state index contributed by atoms with van der Waals surface area (Å²) in [5.41, 5.74) is -0.0239. The van der Waals surface area contributed by atoms with Crippen LogP contribution in [0.25, 0.3) is 0 Å². The van der Waals surface area contributed by atoms with Gasteiger partial charge in [0.05, 0.1) is 10.5 Å². The predicted octanol–water partition coefficient (Wildman–Crippen LogP) is 2.28. The van der Waals surface area contributed by atoms with E-state index in [0.717, 1.165) is 6.42 Å². The van der Waals surface area contributed by atoms with Gasteiger partial charge < -0.3 is 10.0 Å². The predicted molar refractivity (Wildman–Crippen MR) is 78.2 cm³/mol. The smallest absolute Gasteiger partial charge is 0.273 e. The zero-order chi connectivity index (χ0) is 15.6. The van der Waals surface area contributed by atoms with Crippen molar-refractivity contribution < 1.29 is 14.8 Å². The Morgan fingerprint density at radius 3 is 2.76 bits per heavy atom. The third-order valence-corrected chi connectivity index (χ3v) is 4.08. The molecule has 1 amide bonds. The molecule has 0 spiro atoms. The molecule has 1 aliphatic heterocycles. The van der Waals surface area contributed by atoms with Crippen molar-refractivity contribution in [2.45, 2.75) is 38.7 Å². The summed E-state index contributed by atoms with van der Waals surface area (Å²) in [7, 11) is 0. The van der Waals surface area contributed by atoms with Crippen molar-refractivity contribution in [1.82, 2.24) is 4.90 Å². The van der Waals surface area contributed by atoms with E-state index in [1.165, 1.54) is 12.1 Å². The molecule has 1 aromatic rings. The lowest BCUT2D eigenvalue weighted by Gasteiger charge is -2.23. The summed E-state index contributed by atoms with van der Waals surface area (Å²) in [5, 5.41) is 21.0. The van der Waals surface area contributed by atoms with Crippen LogP contribution in [-0.2, 0) is 0 Å². The van der Waals surface area contributed by atoms with Crippen LogP contribution in [0.1, 0.15) is 42.1 Å². The Balaban J connectivity index is 2.24. The third kappa shape index (κ3) is 3.39. The number of amides is 1. The van der Waals surface area contributed by atoms with Gasteiger partial charge >= 0.3 is 0 Å². The minimum atomic E-state index is -0.743. The molecule has 0 aliphatic carbocycles. The number of nitrogens with zero attached hydrogens (tertiary/aromatic N) is 2. The van der Waals surface area contributed by atoms with E-state index in [-0.39, 0.29) is 11.6 Å². The molecule has 21 heavy (non-hydrogen) atoms. The highest BCUT2D eigenvalue weighted by Gasteiger charge is 2.29. The fourth-order valence-corrected chi connectivity index (χ4v) is 2.69. The van der Waals surface area contributed by atoms with Gasteiger partial charge in [-0.3, -0.25) is 14.9 Å². The second kappa shape index (κ2) is 5.81.